The molecule has 0 unspecified atom stereocenters. The zero-order valence-electron chi connectivity index (χ0n) is 15.9. The number of carboxylic acid groups (broad SMARTS) is 1. The molecule has 2 aromatic carbocycles. The van der Waals surface area contributed by atoms with Crippen LogP contribution in [0.5, 0.6) is 0 Å². The maximum Gasteiger partial charge on any atom is 0.329 e. The summed E-state index contributed by atoms with van der Waals surface area (Å²) in [6, 6.07) is 15.0. The first-order valence-electron chi connectivity index (χ1n) is 9.90. The minimum absolute atomic E-state index is 0.198. The Kier molecular flexibility index (Phi) is 5.18. The summed E-state index contributed by atoms with van der Waals surface area (Å²) in [7, 11) is 0. The molecule has 1 fully saturated rings. The van der Waals surface area contributed by atoms with E-state index < -0.39 is 11.5 Å². The van der Waals surface area contributed by atoms with E-state index in [9.17, 15) is 14.7 Å². The average molecular weight is 379 g/mol. The molecule has 0 spiro atoms. The SMILES string of the molecule is O=C(CCCc1ccc2c(c1)-c1ccccc1C2)NC1(C(=O)O)CCOCC1. The average Bonchev–Trinajstić information content (AvgIpc) is 3.06. The number of carbonyl (C=O) groups is 2. The van der Waals surface area contributed by atoms with E-state index in [2.05, 4.69) is 47.8 Å². The van der Waals surface area contributed by atoms with Gasteiger partial charge in [-0.15, -0.1) is 0 Å². The van der Waals surface area contributed by atoms with Crippen molar-refractivity contribution in [3.05, 3.63) is 59.2 Å². The van der Waals surface area contributed by atoms with Crippen molar-refractivity contribution in [2.75, 3.05) is 13.2 Å². The number of hydrogen-bond acceptors (Lipinski definition) is 3. The van der Waals surface area contributed by atoms with Crippen molar-refractivity contribution in [3.63, 3.8) is 0 Å². The fourth-order valence-corrected chi connectivity index (χ4v) is 4.22. The summed E-state index contributed by atoms with van der Waals surface area (Å²) >= 11 is 0. The fraction of sp³-hybridized carbons (Fsp3) is 0.391. The predicted molar refractivity (Wildman–Crippen MR) is 106 cm³/mol. The Morgan fingerprint density at radius 2 is 1.79 bits per heavy atom. The largest absolute Gasteiger partial charge is 0.480 e. The van der Waals surface area contributed by atoms with Crippen LogP contribution in [0.2, 0.25) is 0 Å². The zero-order valence-corrected chi connectivity index (χ0v) is 15.9. The minimum atomic E-state index is -1.17. The first-order valence-corrected chi connectivity index (χ1v) is 9.90. The highest BCUT2D eigenvalue weighted by Gasteiger charge is 2.41. The standard InChI is InChI=1S/C23H25NO4/c25-21(24-23(22(26)27)10-12-28-13-11-23)7-3-4-16-8-9-18-15-17-5-1-2-6-19(17)20(18)14-16/h1-2,5-6,8-9,14H,3-4,7,10-13,15H2,(H,24,25)(H,26,27). The molecule has 0 saturated carbocycles. The van der Waals surface area contributed by atoms with Gasteiger partial charge in [-0.05, 0) is 47.1 Å². The molecule has 2 aliphatic rings. The monoisotopic (exact) mass is 379 g/mol. The van der Waals surface area contributed by atoms with Gasteiger partial charge >= 0.3 is 5.97 Å². The maximum absolute atomic E-state index is 12.3. The lowest BCUT2D eigenvalue weighted by atomic mass is 9.90. The molecular weight excluding hydrogens is 354 g/mol. The van der Waals surface area contributed by atoms with E-state index in [-0.39, 0.29) is 5.91 Å². The van der Waals surface area contributed by atoms with Gasteiger partial charge in [0.15, 0.2) is 0 Å². The quantitative estimate of drug-likeness (QED) is 0.689. The molecule has 2 N–H and O–H groups in total. The highest BCUT2D eigenvalue weighted by molar-refractivity contribution is 5.87. The van der Waals surface area contributed by atoms with Gasteiger partial charge in [0.05, 0.1) is 0 Å². The second-order valence-electron chi connectivity index (χ2n) is 7.73. The third-order valence-corrected chi connectivity index (χ3v) is 5.87. The van der Waals surface area contributed by atoms with Crippen LogP contribution in [0.25, 0.3) is 11.1 Å². The summed E-state index contributed by atoms with van der Waals surface area (Å²) in [5, 5.41) is 12.3. The van der Waals surface area contributed by atoms with Crippen LogP contribution in [0.4, 0.5) is 0 Å². The number of amides is 1. The molecule has 1 aliphatic heterocycles. The topological polar surface area (TPSA) is 75.6 Å². The summed E-state index contributed by atoms with van der Waals surface area (Å²) in [6.45, 7) is 0.729. The summed E-state index contributed by atoms with van der Waals surface area (Å²) in [6.07, 6.45) is 3.43. The van der Waals surface area contributed by atoms with Gasteiger partial charge in [0.2, 0.25) is 5.91 Å². The number of nitrogens with one attached hydrogen (secondary N) is 1. The van der Waals surface area contributed by atoms with E-state index in [1.54, 1.807) is 0 Å². The highest BCUT2D eigenvalue weighted by atomic mass is 16.5. The van der Waals surface area contributed by atoms with Crippen molar-refractivity contribution in [1.29, 1.82) is 0 Å². The summed E-state index contributed by atoms with van der Waals surface area (Å²) < 4.78 is 5.24. The van der Waals surface area contributed by atoms with Crippen molar-refractivity contribution >= 4 is 11.9 Å². The van der Waals surface area contributed by atoms with E-state index in [0.29, 0.717) is 38.9 Å². The summed E-state index contributed by atoms with van der Waals surface area (Å²) in [4.78, 5) is 24.0. The molecule has 0 atom stereocenters. The van der Waals surface area contributed by atoms with Crippen molar-refractivity contribution in [3.8, 4) is 11.1 Å². The first-order chi connectivity index (χ1) is 13.6. The number of aliphatic carboxylic acids is 1. The van der Waals surface area contributed by atoms with Crippen LogP contribution < -0.4 is 5.32 Å². The lowest BCUT2D eigenvalue weighted by molar-refractivity contribution is -0.152. The van der Waals surface area contributed by atoms with Gasteiger partial charge in [-0.25, -0.2) is 4.79 Å². The lowest BCUT2D eigenvalue weighted by Crippen LogP contribution is -2.57. The third kappa shape index (κ3) is 3.67. The molecular formula is C23H25NO4. The van der Waals surface area contributed by atoms with Gasteiger partial charge in [-0.1, -0.05) is 42.5 Å². The second-order valence-corrected chi connectivity index (χ2v) is 7.73. The Balaban J connectivity index is 1.35. The van der Waals surface area contributed by atoms with Crippen LogP contribution in [-0.2, 0) is 27.2 Å². The van der Waals surface area contributed by atoms with Crippen molar-refractivity contribution in [2.45, 2.75) is 44.1 Å². The third-order valence-electron chi connectivity index (χ3n) is 5.87. The Morgan fingerprint density at radius 3 is 2.57 bits per heavy atom. The molecule has 28 heavy (non-hydrogen) atoms. The summed E-state index contributed by atoms with van der Waals surface area (Å²) in [5.74, 6) is -1.17. The lowest BCUT2D eigenvalue weighted by Gasteiger charge is -2.33. The smallest absolute Gasteiger partial charge is 0.329 e. The van der Waals surface area contributed by atoms with Gasteiger partial charge < -0.3 is 15.2 Å². The normalized spacial score (nSPS) is 16.9. The number of carbonyl (C=O) groups excluding carboxylic acids is 1. The Hall–Kier alpha value is -2.66. The molecule has 0 radical (unpaired) electrons. The second kappa shape index (κ2) is 7.76. The molecule has 1 amide bonds. The van der Waals surface area contributed by atoms with Crippen molar-refractivity contribution in [2.24, 2.45) is 0 Å². The predicted octanol–water partition coefficient (Wildman–Crippen LogP) is 3.33. The molecule has 4 rings (SSSR count). The minimum Gasteiger partial charge on any atom is -0.480 e. The molecule has 5 nitrogen and oxygen atoms in total. The van der Waals surface area contributed by atoms with Gasteiger partial charge in [0.1, 0.15) is 5.54 Å². The number of rotatable bonds is 6. The van der Waals surface area contributed by atoms with Crippen LogP contribution in [0.1, 0.15) is 42.4 Å². The van der Waals surface area contributed by atoms with Crippen molar-refractivity contribution in [1.82, 2.24) is 5.32 Å². The van der Waals surface area contributed by atoms with E-state index >= 15 is 0 Å². The first kappa shape index (κ1) is 18.7. The molecule has 1 heterocycles. The summed E-state index contributed by atoms with van der Waals surface area (Å²) in [5.41, 5.74) is 5.36. The molecule has 5 heteroatoms. The molecule has 1 saturated heterocycles. The van der Waals surface area contributed by atoms with Gasteiger partial charge in [0.25, 0.3) is 0 Å². The van der Waals surface area contributed by atoms with Crippen LogP contribution in [0, 0.1) is 0 Å². The Morgan fingerprint density at radius 1 is 1.04 bits per heavy atom. The Bertz CT molecular complexity index is 899. The Labute approximate surface area is 164 Å². The van der Waals surface area contributed by atoms with Crippen LogP contribution in [0.15, 0.2) is 42.5 Å². The molecule has 2 aromatic rings. The molecule has 0 bridgehead atoms. The molecule has 1 aliphatic carbocycles. The van der Waals surface area contributed by atoms with Crippen LogP contribution >= 0.6 is 0 Å². The number of fused-ring (bicyclic) bond motifs is 3. The number of benzene rings is 2. The molecule has 146 valence electrons. The highest BCUT2D eigenvalue weighted by Crippen LogP contribution is 2.37. The number of carboxylic acids is 1. The number of hydrogen-bond donors (Lipinski definition) is 2. The molecule has 0 aromatic heterocycles. The van der Waals surface area contributed by atoms with Crippen LogP contribution in [0.3, 0.4) is 0 Å². The number of aryl methyl sites for hydroxylation is 1. The van der Waals surface area contributed by atoms with E-state index in [1.165, 1.54) is 27.8 Å². The van der Waals surface area contributed by atoms with Gasteiger partial charge in [0, 0.05) is 32.5 Å². The van der Waals surface area contributed by atoms with Crippen molar-refractivity contribution < 1.29 is 19.4 Å². The maximum atomic E-state index is 12.3. The van der Waals surface area contributed by atoms with Gasteiger partial charge in [-0.2, -0.15) is 0 Å². The van der Waals surface area contributed by atoms with E-state index in [0.717, 1.165) is 12.8 Å². The van der Waals surface area contributed by atoms with E-state index in [4.69, 9.17) is 4.74 Å². The fourth-order valence-electron chi connectivity index (χ4n) is 4.22. The van der Waals surface area contributed by atoms with Crippen LogP contribution in [-0.4, -0.2) is 35.7 Å². The zero-order chi connectivity index (χ0) is 19.6. The van der Waals surface area contributed by atoms with E-state index in [1.807, 2.05) is 0 Å². The van der Waals surface area contributed by atoms with Gasteiger partial charge in [-0.3, -0.25) is 4.79 Å². The number of ether oxygens (including phenoxy) is 1.